The van der Waals surface area contributed by atoms with Crippen molar-refractivity contribution in [1.82, 2.24) is 16.2 Å². The average molecular weight is 359 g/mol. The van der Waals surface area contributed by atoms with Crippen molar-refractivity contribution in [1.29, 1.82) is 0 Å². The van der Waals surface area contributed by atoms with Crippen molar-refractivity contribution in [3.05, 3.63) is 58.3 Å². The van der Waals surface area contributed by atoms with Crippen molar-refractivity contribution in [2.75, 3.05) is 7.11 Å². The van der Waals surface area contributed by atoms with E-state index < -0.39 is 0 Å². The second-order valence-electron chi connectivity index (χ2n) is 5.90. The van der Waals surface area contributed by atoms with Crippen LogP contribution >= 0.6 is 11.3 Å². The molecule has 1 aliphatic heterocycles. The van der Waals surface area contributed by atoms with Gasteiger partial charge < -0.3 is 10.1 Å². The first kappa shape index (κ1) is 17.6. The molecule has 7 heteroatoms. The number of ether oxygens (including phenoxy) is 1. The fraction of sp³-hybridized carbons (Fsp3) is 0.333. The zero-order chi connectivity index (χ0) is 17.6. The van der Waals surface area contributed by atoms with E-state index in [0.29, 0.717) is 6.42 Å². The summed E-state index contributed by atoms with van der Waals surface area (Å²) in [5, 5.41) is 4.89. The van der Waals surface area contributed by atoms with Crippen LogP contribution in [-0.2, 0) is 14.3 Å². The quantitative estimate of drug-likeness (QED) is 0.688. The zero-order valence-corrected chi connectivity index (χ0v) is 14.7. The molecule has 0 aliphatic carbocycles. The molecule has 132 valence electrons. The highest BCUT2D eigenvalue weighted by Gasteiger charge is 2.32. The summed E-state index contributed by atoms with van der Waals surface area (Å²) in [6.07, 6.45) is 0.760. The first-order chi connectivity index (χ1) is 12.2. The van der Waals surface area contributed by atoms with Gasteiger partial charge in [0.05, 0.1) is 19.6 Å². The Bertz CT molecular complexity index is 706. The second-order valence-corrected chi connectivity index (χ2v) is 6.88. The molecular weight excluding hydrogens is 338 g/mol. The number of hydrazine groups is 1. The molecule has 1 aliphatic rings. The van der Waals surface area contributed by atoms with E-state index in [2.05, 4.69) is 16.2 Å². The lowest BCUT2D eigenvalue weighted by Gasteiger charge is -2.19. The highest BCUT2D eigenvalue weighted by molar-refractivity contribution is 7.10. The van der Waals surface area contributed by atoms with E-state index in [4.69, 9.17) is 4.74 Å². The van der Waals surface area contributed by atoms with Gasteiger partial charge in [-0.2, -0.15) is 0 Å². The third-order valence-corrected chi connectivity index (χ3v) is 5.21. The minimum atomic E-state index is -0.377. The van der Waals surface area contributed by atoms with Crippen LogP contribution in [0.15, 0.2) is 47.8 Å². The third kappa shape index (κ3) is 4.45. The Labute approximate surface area is 150 Å². The number of hydrogen-bond donors (Lipinski definition) is 3. The Hall–Kier alpha value is -2.22. The van der Waals surface area contributed by atoms with Crippen LogP contribution in [0.3, 0.4) is 0 Å². The predicted molar refractivity (Wildman–Crippen MR) is 95.7 cm³/mol. The van der Waals surface area contributed by atoms with Crippen molar-refractivity contribution in [3.63, 3.8) is 0 Å². The molecule has 3 atom stereocenters. The molecule has 2 aromatic rings. The number of amides is 1. The van der Waals surface area contributed by atoms with E-state index in [0.717, 1.165) is 10.4 Å². The highest BCUT2D eigenvalue weighted by atomic mass is 32.1. The van der Waals surface area contributed by atoms with Gasteiger partial charge in [-0.3, -0.25) is 9.59 Å². The molecule has 6 nitrogen and oxygen atoms in total. The number of esters is 1. The third-order valence-electron chi connectivity index (χ3n) is 4.22. The van der Waals surface area contributed by atoms with Crippen molar-refractivity contribution < 1.29 is 14.3 Å². The molecule has 0 bridgehead atoms. The van der Waals surface area contributed by atoms with Crippen LogP contribution in [0.5, 0.6) is 0 Å². The second kappa shape index (κ2) is 8.24. The van der Waals surface area contributed by atoms with Crippen molar-refractivity contribution in [2.45, 2.75) is 31.0 Å². The van der Waals surface area contributed by atoms with E-state index in [-0.39, 0.29) is 36.4 Å². The summed E-state index contributed by atoms with van der Waals surface area (Å²) in [6.45, 7) is 0. The van der Waals surface area contributed by atoms with Crippen molar-refractivity contribution in [2.24, 2.45) is 0 Å². The van der Waals surface area contributed by atoms with Crippen molar-refractivity contribution >= 4 is 23.2 Å². The predicted octanol–water partition coefficient (Wildman–Crippen LogP) is 2.08. The fourth-order valence-electron chi connectivity index (χ4n) is 2.87. The number of rotatable bonds is 6. The Balaban J connectivity index is 1.63. The van der Waals surface area contributed by atoms with E-state index >= 15 is 0 Å². The molecular formula is C18H21N3O3S. The summed E-state index contributed by atoms with van der Waals surface area (Å²) in [7, 11) is 1.35. The van der Waals surface area contributed by atoms with Crippen LogP contribution in [0, 0.1) is 0 Å². The summed E-state index contributed by atoms with van der Waals surface area (Å²) < 4.78 is 4.75. The van der Waals surface area contributed by atoms with Gasteiger partial charge >= 0.3 is 5.97 Å². The number of carbonyl (C=O) groups excluding carboxylic acids is 2. The molecule has 0 saturated carbocycles. The Morgan fingerprint density at radius 2 is 2.04 bits per heavy atom. The van der Waals surface area contributed by atoms with E-state index in [9.17, 15) is 9.59 Å². The first-order valence-corrected chi connectivity index (χ1v) is 9.02. The molecule has 2 heterocycles. The number of nitrogens with one attached hydrogen (secondary N) is 3. The smallest absolute Gasteiger partial charge is 0.307 e. The van der Waals surface area contributed by atoms with Gasteiger partial charge in [-0.05, 0) is 23.4 Å². The van der Waals surface area contributed by atoms with Gasteiger partial charge in [0.25, 0.3) is 0 Å². The summed E-state index contributed by atoms with van der Waals surface area (Å²) in [6, 6.07) is 13.1. The molecule has 3 unspecified atom stereocenters. The monoisotopic (exact) mass is 359 g/mol. The lowest BCUT2D eigenvalue weighted by atomic mass is 10.0. The number of carbonyl (C=O) groups is 2. The molecule has 1 fully saturated rings. The van der Waals surface area contributed by atoms with E-state index in [1.165, 1.54) is 18.4 Å². The maximum absolute atomic E-state index is 12.6. The Morgan fingerprint density at radius 3 is 2.72 bits per heavy atom. The average Bonchev–Trinajstić information content (AvgIpc) is 3.33. The van der Waals surface area contributed by atoms with Crippen LogP contribution in [0.4, 0.5) is 0 Å². The van der Waals surface area contributed by atoms with Crippen molar-refractivity contribution in [3.8, 4) is 0 Å². The molecule has 3 rings (SSSR count). The molecule has 1 aromatic heterocycles. The summed E-state index contributed by atoms with van der Waals surface area (Å²) >= 11 is 1.51. The molecule has 25 heavy (non-hydrogen) atoms. The maximum atomic E-state index is 12.6. The number of hydrogen-bond acceptors (Lipinski definition) is 6. The number of thiophene rings is 1. The largest absolute Gasteiger partial charge is 0.469 e. The fourth-order valence-corrected chi connectivity index (χ4v) is 3.64. The maximum Gasteiger partial charge on any atom is 0.307 e. The van der Waals surface area contributed by atoms with Crippen LogP contribution in [-0.4, -0.2) is 25.0 Å². The summed E-state index contributed by atoms with van der Waals surface area (Å²) in [4.78, 5) is 25.2. The van der Waals surface area contributed by atoms with Gasteiger partial charge in [-0.15, -0.1) is 11.3 Å². The highest BCUT2D eigenvalue weighted by Crippen LogP contribution is 2.25. The summed E-state index contributed by atoms with van der Waals surface area (Å²) in [5.74, 6) is -0.480. The molecule has 1 saturated heterocycles. The van der Waals surface area contributed by atoms with E-state index in [1.54, 1.807) is 0 Å². The molecule has 3 N–H and O–H groups in total. The SMILES string of the molecule is COC(=O)CC(NC(=O)C1CC(c2ccccc2)NN1)c1cccs1. The van der Waals surface area contributed by atoms with Crippen LogP contribution in [0.1, 0.15) is 35.4 Å². The molecule has 1 aromatic carbocycles. The van der Waals surface area contributed by atoms with Gasteiger partial charge in [0.1, 0.15) is 6.04 Å². The standard InChI is InChI=1S/C18H21N3O3S/c1-24-17(22)11-14(16-8-5-9-25-16)19-18(23)15-10-13(20-21-15)12-6-3-2-4-7-12/h2-9,13-15,20-21H,10-11H2,1H3,(H,19,23). The minimum Gasteiger partial charge on any atom is -0.469 e. The van der Waals surface area contributed by atoms with Gasteiger partial charge in [0.2, 0.25) is 5.91 Å². The Morgan fingerprint density at radius 1 is 1.24 bits per heavy atom. The van der Waals surface area contributed by atoms with Crippen LogP contribution in [0.2, 0.25) is 0 Å². The number of methoxy groups -OCH3 is 1. The lowest BCUT2D eigenvalue weighted by Crippen LogP contribution is -2.44. The molecule has 1 amide bonds. The number of benzene rings is 1. The molecule has 0 radical (unpaired) electrons. The van der Waals surface area contributed by atoms with Crippen LogP contribution in [0.25, 0.3) is 0 Å². The minimum absolute atomic E-state index is 0.0812. The van der Waals surface area contributed by atoms with Gasteiger partial charge in [-0.25, -0.2) is 10.9 Å². The van der Waals surface area contributed by atoms with E-state index in [1.807, 2.05) is 47.8 Å². The zero-order valence-electron chi connectivity index (χ0n) is 13.9. The van der Waals surface area contributed by atoms with Gasteiger partial charge in [0, 0.05) is 10.9 Å². The topological polar surface area (TPSA) is 79.5 Å². The van der Waals surface area contributed by atoms with Gasteiger partial charge in [-0.1, -0.05) is 36.4 Å². The Kier molecular flexibility index (Phi) is 5.80. The molecule has 0 spiro atoms. The van der Waals surface area contributed by atoms with Gasteiger partial charge in [0.15, 0.2) is 0 Å². The lowest BCUT2D eigenvalue weighted by molar-refractivity contribution is -0.141. The normalized spacial score (nSPS) is 20.8. The first-order valence-electron chi connectivity index (χ1n) is 8.14. The van der Waals surface area contributed by atoms with Crippen LogP contribution < -0.4 is 16.2 Å². The summed E-state index contributed by atoms with van der Waals surface area (Å²) in [5.41, 5.74) is 7.35.